The summed E-state index contributed by atoms with van der Waals surface area (Å²) >= 11 is 0. The molecule has 21 heavy (non-hydrogen) atoms. The van der Waals surface area contributed by atoms with E-state index in [1.165, 1.54) is 18.4 Å². The number of hydrogen-bond donors (Lipinski definition) is 0. The summed E-state index contributed by atoms with van der Waals surface area (Å²) in [6.07, 6.45) is 11.6. The van der Waals surface area contributed by atoms with Crippen LogP contribution in [0.3, 0.4) is 0 Å². The van der Waals surface area contributed by atoms with Gasteiger partial charge < -0.3 is 9.64 Å². The van der Waals surface area contributed by atoms with Crippen LogP contribution in [0.1, 0.15) is 24.8 Å². The molecule has 5 heteroatoms. The van der Waals surface area contributed by atoms with Crippen LogP contribution in [0.4, 0.5) is 5.82 Å². The van der Waals surface area contributed by atoms with Gasteiger partial charge in [0.1, 0.15) is 0 Å². The van der Waals surface area contributed by atoms with Crippen LogP contribution in [0.2, 0.25) is 0 Å². The minimum Gasteiger partial charge on any atom is -0.477 e. The van der Waals surface area contributed by atoms with E-state index in [2.05, 4.69) is 19.9 Å². The third-order valence-corrected chi connectivity index (χ3v) is 3.64. The first-order valence-electron chi connectivity index (χ1n) is 7.50. The minimum atomic E-state index is 0.620. The van der Waals surface area contributed by atoms with Gasteiger partial charge in [-0.15, -0.1) is 0 Å². The molecule has 3 heterocycles. The highest BCUT2D eigenvalue weighted by atomic mass is 16.5. The molecule has 0 aliphatic carbocycles. The summed E-state index contributed by atoms with van der Waals surface area (Å²) in [6.45, 7) is 2.79. The Balaban J connectivity index is 1.48. The Hall–Kier alpha value is -2.17. The molecule has 2 aromatic rings. The summed E-state index contributed by atoms with van der Waals surface area (Å²) in [4.78, 5) is 15.0. The van der Waals surface area contributed by atoms with Crippen molar-refractivity contribution in [1.82, 2.24) is 15.0 Å². The van der Waals surface area contributed by atoms with Gasteiger partial charge in [0.25, 0.3) is 0 Å². The Labute approximate surface area is 125 Å². The monoisotopic (exact) mass is 284 g/mol. The van der Waals surface area contributed by atoms with Crippen molar-refractivity contribution in [2.75, 3.05) is 24.6 Å². The van der Waals surface area contributed by atoms with Gasteiger partial charge in [0.2, 0.25) is 5.88 Å². The first kappa shape index (κ1) is 13.8. The van der Waals surface area contributed by atoms with Gasteiger partial charge >= 0.3 is 0 Å². The molecular formula is C16H20N4O. The van der Waals surface area contributed by atoms with Crippen molar-refractivity contribution in [1.29, 1.82) is 0 Å². The third kappa shape index (κ3) is 3.90. The summed E-state index contributed by atoms with van der Waals surface area (Å²) in [5.74, 6) is 1.55. The lowest BCUT2D eigenvalue weighted by molar-refractivity contribution is 0.298. The van der Waals surface area contributed by atoms with Gasteiger partial charge in [-0.3, -0.25) is 9.97 Å². The molecule has 2 aromatic heterocycles. The predicted octanol–water partition coefficient (Wildman–Crippen LogP) is 2.48. The number of nitrogens with zero attached hydrogens (tertiary/aromatic N) is 4. The molecule has 1 fully saturated rings. The highest BCUT2D eigenvalue weighted by Gasteiger charge is 2.14. The van der Waals surface area contributed by atoms with E-state index in [4.69, 9.17) is 4.74 Å². The van der Waals surface area contributed by atoms with Crippen molar-refractivity contribution in [3.8, 4) is 5.88 Å². The van der Waals surface area contributed by atoms with Crippen molar-refractivity contribution in [3.63, 3.8) is 0 Å². The van der Waals surface area contributed by atoms with Crippen molar-refractivity contribution in [2.24, 2.45) is 0 Å². The quantitative estimate of drug-likeness (QED) is 0.763. The summed E-state index contributed by atoms with van der Waals surface area (Å²) in [7, 11) is 0. The Morgan fingerprint density at radius 2 is 1.86 bits per heavy atom. The maximum absolute atomic E-state index is 5.71. The lowest BCUT2D eigenvalue weighted by Crippen LogP contribution is -2.19. The molecule has 5 nitrogen and oxygen atoms in total. The second-order valence-electron chi connectivity index (χ2n) is 5.22. The summed E-state index contributed by atoms with van der Waals surface area (Å²) < 4.78 is 5.71. The summed E-state index contributed by atoms with van der Waals surface area (Å²) in [5.41, 5.74) is 1.28. The Morgan fingerprint density at radius 3 is 2.67 bits per heavy atom. The van der Waals surface area contributed by atoms with E-state index in [9.17, 15) is 0 Å². The molecule has 0 saturated carbocycles. The summed E-state index contributed by atoms with van der Waals surface area (Å²) in [5, 5.41) is 0. The van der Waals surface area contributed by atoms with Gasteiger partial charge in [-0.1, -0.05) is 0 Å². The van der Waals surface area contributed by atoms with Gasteiger partial charge in [0.15, 0.2) is 5.82 Å². The predicted molar refractivity (Wildman–Crippen MR) is 81.5 cm³/mol. The highest BCUT2D eigenvalue weighted by molar-refractivity contribution is 5.38. The van der Waals surface area contributed by atoms with Gasteiger partial charge in [-0.25, -0.2) is 0 Å². The van der Waals surface area contributed by atoms with Crippen molar-refractivity contribution < 1.29 is 4.74 Å². The molecule has 0 aromatic carbocycles. The molecule has 0 bridgehead atoms. The molecule has 3 rings (SSSR count). The smallest absolute Gasteiger partial charge is 0.234 e. The second-order valence-corrected chi connectivity index (χ2v) is 5.22. The largest absolute Gasteiger partial charge is 0.477 e. The summed E-state index contributed by atoms with van der Waals surface area (Å²) in [6, 6.07) is 4.07. The third-order valence-electron chi connectivity index (χ3n) is 3.64. The average Bonchev–Trinajstić information content (AvgIpc) is 3.07. The molecule has 1 aliphatic rings. The van der Waals surface area contributed by atoms with E-state index in [0.29, 0.717) is 12.5 Å². The van der Waals surface area contributed by atoms with Crippen LogP contribution in [-0.4, -0.2) is 34.6 Å². The van der Waals surface area contributed by atoms with Gasteiger partial charge in [0, 0.05) is 25.5 Å². The first-order valence-corrected chi connectivity index (χ1v) is 7.50. The van der Waals surface area contributed by atoms with E-state index in [0.717, 1.165) is 31.7 Å². The standard InChI is InChI=1S/C16H20N4O/c1-2-10-20(9-1)15-12-18-13-16(19-15)21-11-3-4-14-5-7-17-8-6-14/h5-8,12-13H,1-4,9-11H2. The molecule has 0 unspecified atom stereocenters. The maximum atomic E-state index is 5.71. The molecule has 1 aliphatic heterocycles. The van der Waals surface area contributed by atoms with Crippen LogP contribution < -0.4 is 9.64 Å². The lowest BCUT2D eigenvalue weighted by atomic mass is 10.1. The van der Waals surface area contributed by atoms with Crippen molar-refractivity contribution in [3.05, 3.63) is 42.5 Å². The molecule has 110 valence electrons. The molecule has 0 atom stereocenters. The van der Waals surface area contributed by atoms with Crippen molar-refractivity contribution >= 4 is 5.82 Å². The van der Waals surface area contributed by atoms with Crippen LogP contribution >= 0.6 is 0 Å². The van der Waals surface area contributed by atoms with E-state index < -0.39 is 0 Å². The number of hydrogen-bond acceptors (Lipinski definition) is 5. The zero-order chi connectivity index (χ0) is 14.3. The van der Waals surface area contributed by atoms with Crippen LogP contribution in [0.15, 0.2) is 36.9 Å². The normalized spacial score (nSPS) is 14.4. The zero-order valence-corrected chi connectivity index (χ0v) is 12.1. The van der Waals surface area contributed by atoms with E-state index >= 15 is 0 Å². The van der Waals surface area contributed by atoms with Crippen LogP contribution in [0.5, 0.6) is 5.88 Å². The van der Waals surface area contributed by atoms with E-state index in [1.54, 1.807) is 6.20 Å². The Kier molecular flexibility index (Phi) is 4.61. The Morgan fingerprint density at radius 1 is 1.05 bits per heavy atom. The minimum absolute atomic E-state index is 0.620. The molecule has 1 saturated heterocycles. The molecule has 0 radical (unpaired) electrons. The fraction of sp³-hybridized carbons (Fsp3) is 0.438. The number of pyridine rings is 1. The number of rotatable bonds is 6. The molecular weight excluding hydrogens is 264 g/mol. The fourth-order valence-corrected chi connectivity index (χ4v) is 2.51. The van der Waals surface area contributed by atoms with Crippen LogP contribution in [0.25, 0.3) is 0 Å². The topological polar surface area (TPSA) is 51.1 Å². The molecule has 0 spiro atoms. The zero-order valence-electron chi connectivity index (χ0n) is 12.1. The maximum Gasteiger partial charge on any atom is 0.234 e. The number of aryl methyl sites for hydroxylation is 1. The average molecular weight is 284 g/mol. The number of aromatic nitrogens is 3. The first-order chi connectivity index (χ1) is 10.4. The van der Waals surface area contributed by atoms with Gasteiger partial charge in [0.05, 0.1) is 19.0 Å². The van der Waals surface area contributed by atoms with E-state index in [1.807, 2.05) is 30.7 Å². The van der Waals surface area contributed by atoms with Crippen molar-refractivity contribution in [2.45, 2.75) is 25.7 Å². The lowest BCUT2D eigenvalue weighted by Gasteiger charge is -2.16. The van der Waals surface area contributed by atoms with Gasteiger partial charge in [-0.2, -0.15) is 4.98 Å². The SMILES string of the molecule is c1cc(CCCOc2cncc(N3CCCC3)n2)ccn1. The number of ether oxygens (including phenoxy) is 1. The number of anilines is 1. The van der Waals surface area contributed by atoms with Crippen LogP contribution in [0, 0.1) is 0 Å². The second kappa shape index (κ2) is 7.02. The van der Waals surface area contributed by atoms with E-state index in [-0.39, 0.29) is 0 Å². The van der Waals surface area contributed by atoms with Crippen LogP contribution in [-0.2, 0) is 6.42 Å². The molecule has 0 N–H and O–H groups in total. The Bertz CT molecular complexity index is 555. The van der Waals surface area contributed by atoms with Gasteiger partial charge in [-0.05, 0) is 43.4 Å². The molecule has 0 amide bonds. The fourth-order valence-electron chi connectivity index (χ4n) is 2.51. The highest BCUT2D eigenvalue weighted by Crippen LogP contribution is 2.19.